The van der Waals surface area contributed by atoms with E-state index < -0.39 is 50.0 Å². The molecule has 1 aromatic rings. The molecule has 4 atom stereocenters. The molecule has 2 unspecified atom stereocenters. The molecule has 26 heavy (non-hydrogen) atoms. The SMILES string of the molecule is CC[Si](C#C[C@@]1(CO)O[C@H](n2ccc(=O)[nH]c2=O)C(O)C1O)(CC)CC. The van der Waals surface area contributed by atoms with E-state index in [9.17, 15) is 24.9 Å². The Labute approximate surface area is 152 Å². The molecule has 1 aliphatic heterocycles. The van der Waals surface area contributed by atoms with Crippen molar-refractivity contribution in [1.82, 2.24) is 9.55 Å². The molecule has 0 saturated carbocycles. The predicted octanol–water partition coefficient (Wildman–Crippen LogP) is -0.431. The van der Waals surface area contributed by atoms with Crippen molar-refractivity contribution < 1.29 is 20.1 Å². The zero-order chi connectivity index (χ0) is 19.5. The van der Waals surface area contributed by atoms with Gasteiger partial charge in [0, 0.05) is 12.3 Å². The molecule has 0 spiro atoms. The Morgan fingerprint density at radius 2 is 1.88 bits per heavy atom. The first-order valence-corrected chi connectivity index (χ1v) is 11.4. The van der Waals surface area contributed by atoms with Crippen LogP contribution in [0, 0.1) is 11.5 Å². The van der Waals surface area contributed by atoms with Gasteiger partial charge in [-0.15, -0.1) is 5.54 Å². The summed E-state index contributed by atoms with van der Waals surface area (Å²) in [5.74, 6) is 2.89. The van der Waals surface area contributed by atoms with Crippen LogP contribution in [-0.4, -0.2) is 57.4 Å². The van der Waals surface area contributed by atoms with Crippen LogP contribution in [0.3, 0.4) is 0 Å². The molecule has 9 heteroatoms. The largest absolute Gasteiger partial charge is 0.392 e. The lowest BCUT2D eigenvalue weighted by atomic mass is 9.97. The van der Waals surface area contributed by atoms with E-state index in [2.05, 4.69) is 37.2 Å². The van der Waals surface area contributed by atoms with Crippen molar-refractivity contribution in [2.75, 3.05) is 6.61 Å². The molecule has 4 N–H and O–H groups in total. The lowest BCUT2D eigenvalue weighted by Crippen LogP contribution is -2.46. The molecule has 2 rings (SSSR count). The van der Waals surface area contributed by atoms with Gasteiger partial charge in [-0.3, -0.25) is 14.3 Å². The monoisotopic (exact) mass is 382 g/mol. The van der Waals surface area contributed by atoms with Crippen molar-refractivity contribution >= 4 is 8.07 Å². The van der Waals surface area contributed by atoms with Crippen molar-refractivity contribution in [1.29, 1.82) is 0 Å². The second kappa shape index (κ2) is 7.90. The van der Waals surface area contributed by atoms with E-state index in [0.717, 1.165) is 28.8 Å². The van der Waals surface area contributed by atoms with E-state index in [4.69, 9.17) is 4.74 Å². The van der Waals surface area contributed by atoms with Gasteiger partial charge < -0.3 is 20.1 Å². The highest BCUT2D eigenvalue weighted by Crippen LogP contribution is 2.36. The summed E-state index contributed by atoms with van der Waals surface area (Å²) in [4.78, 5) is 25.3. The Morgan fingerprint density at radius 3 is 2.38 bits per heavy atom. The van der Waals surface area contributed by atoms with Gasteiger partial charge in [-0.1, -0.05) is 26.7 Å². The number of aromatic nitrogens is 2. The van der Waals surface area contributed by atoms with Crippen LogP contribution in [0.1, 0.15) is 27.0 Å². The maximum Gasteiger partial charge on any atom is 0.330 e. The summed E-state index contributed by atoms with van der Waals surface area (Å²) >= 11 is 0. The van der Waals surface area contributed by atoms with Crippen LogP contribution in [-0.2, 0) is 4.74 Å². The molecule has 2 heterocycles. The van der Waals surface area contributed by atoms with Gasteiger partial charge in [-0.05, 0) is 18.1 Å². The third kappa shape index (κ3) is 3.56. The van der Waals surface area contributed by atoms with E-state index >= 15 is 0 Å². The fraction of sp³-hybridized carbons (Fsp3) is 0.647. The van der Waals surface area contributed by atoms with E-state index in [1.54, 1.807) is 0 Å². The summed E-state index contributed by atoms with van der Waals surface area (Å²) in [7, 11) is -1.88. The summed E-state index contributed by atoms with van der Waals surface area (Å²) in [6.07, 6.45) is -3.08. The highest BCUT2D eigenvalue weighted by molar-refractivity contribution is 6.87. The van der Waals surface area contributed by atoms with Crippen molar-refractivity contribution in [2.45, 2.75) is 62.9 Å². The number of nitrogens with one attached hydrogen (secondary N) is 1. The second-order valence-corrected chi connectivity index (χ2v) is 11.5. The zero-order valence-corrected chi connectivity index (χ0v) is 16.2. The minimum atomic E-state index is -1.88. The van der Waals surface area contributed by atoms with E-state index in [-0.39, 0.29) is 0 Å². The first-order chi connectivity index (χ1) is 12.3. The van der Waals surface area contributed by atoms with Crippen LogP contribution in [0.15, 0.2) is 21.9 Å². The van der Waals surface area contributed by atoms with Gasteiger partial charge in [0.15, 0.2) is 11.8 Å². The van der Waals surface area contributed by atoms with Crippen LogP contribution in [0.5, 0.6) is 0 Å². The standard InChI is InChI=1S/C17H26N2O6Si/c1-4-26(5-2,6-3)10-8-17(11-20)14(23)13(22)15(25-17)19-9-7-12(21)18-16(19)24/h7,9,13-15,20,22-23H,4-6,11H2,1-3H3,(H,18,21,24)/t13?,14?,15-,17-/m0/s1. The molecule has 1 aliphatic rings. The Balaban J connectivity index is 2.45. The predicted molar refractivity (Wildman–Crippen MR) is 98.2 cm³/mol. The summed E-state index contributed by atoms with van der Waals surface area (Å²) in [6.45, 7) is 5.59. The average Bonchev–Trinajstić information content (AvgIpc) is 2.89. The van der Waals surface area contributed by atoms with E-state index in [1.807, 2.05) is 0 Å². The van der Waals surface area contributed by atoms with Crippen molar-refractivity contribution in [3.05, 3.63) is 33.1 Å². The molecule has 0 amide bonds. The molecule has 8 nitrogen and oxygen atoms in total. The maximum absolute atomic E-state index is 12.0. The zero-order valence-electron chi connectivity index (χ0n) is 15.2. The molecule has 1 saturated heterocycles. The molecular weight excluding hydrogens is 356 g/mol. The molecular formula is C17H26N2O6Si. The van der Waals surface area contributed by atoms with Gasteiger partial charge in [0.2, 0.25) is 0 Å². The van der Waals surface area contributed by atoms with Gasteiger partial charge in [0.05, 0.1) is 6.61 Å². The quantitative estimate of drug-likeness (QED) is 0.405. The normalized spacial score (nSPS) is 28.6. The Kier molecular flexibility index (Phi) is 6.26. The number of ether oxygens (including phenoxy) is 1. The Morgan fingerprint density at radius 1 is 1.27 bits per heavy atom. The number of hydrogen-bond donors (Lipinski definition) is 4. The van der Waals surface area contributed by atoms with Gasteiger partial charge in [-0.2, -0.15) is 0 Å². The van der Waals surface area contributed by atoms with Crippen LogP contribution >= 0.6 is 0 Å². The first-order valence-electron chi connectivity index (χ1n) is 8.78. The molecule has 0 aromatic carbocycles. The van der Waals surface area contributed by atoms with Gasteiger partial charge >= 0.3 is 5.69 Å². The van der Waals surface area contributed by atoms with Crippen LogP contribution in [0.2, 0.25) is 18.1 Å². The van der Waals surface area contributed by atoms with Gasteiger partial charge in [-0.25, -0.2) is 4.79 Å². The fourth-order valence-electron chi connectivity index (χ4n) is 3.16. The molecule has 0 bridgehead atoms. The average molecular weight is 382 g/mol. The van der Waals surface area contributed by atoms with Crippen LogP contribution in [0.25, 0.3) is 0 Å². The molecule has 1 fully saturated rings. The lowest BCUT2D eigenvalue weighted by molar-refractivity contribution is -0.0937. The summed E-state index contributed by atoms with van der Waals surface area (Å²) in [6, 6.07) is 3.89. The van der Waals surface area contributed by atoms with Crippen LogP contribution in [0.4, 0.5) is 0 Å². The number of aliphatic hydroxyl groups is 3. The van der Waals surface area contributed by atoms with Crippen molar-refractivity contribution in [2.24, 2.45) is 0 Å². The van der Waals surface area contributed by atoms with Gasteiger partial charge in [0.25, 0.3) is 5.56 Å². The summed E-state index contributed by atoms with van der Waals surface area (Å²) in [5, 5.41) is 30.7. The highest BCUT2D eigenvalue weighted by Gasteiger charge is 2.54. The van der Waals surface area contributed by atoms with Crippen molar-refractivity contribution in [3.8, 4) is 11.5 Å². The fourth-order valence-corrected chi connectivity index (χ4v) is 5.67. The molecule has 1 aromatic heterocycles. The topological polar surface area (TPSA) is 125 Å². The smallest absolute Gasteiger partial charge is 0.330 e. The summed E-state index contributed by atoms with van der Waals surface area (Å²) in [5.41, 5.74) is 0.199. The van der Waals surface area contributed by atoms with E-state index in [0.29, 0.717) is 0 Å². The highest BCUT2D eigenvalue weighted by atomic mass is 28.3. The lowest BCUT2D eigenvalue weighted by Gasteiger charge is -2.26. The summed E-state index contributed by atoms with van der Waals surface area (Å²) < 4.78 is 6.67. The minimum Gasteiger partial charge on any atom is -0.392 e. The van der Waals surface area contributed by atoms with Gasteiger partial charge in [0.1, 0.15) is 20.3 Å². The third-order valence-electron chi connectivity index (χ3n) is 5.35. The van der Waals surface area contributed by atoms with Crippen molar-refractivity contribution in [3.63, 3.8) is 0 Å². The minimum absolute atomic E-state index is 0.586. The number of aromatic amines is 1. The van der Waals surface area contributed by atoms with E-state index in [1.165, 1.54) is 6.20 Å². The van der Waals surface area contributed by atoms with Crippen LogP contribution < -0.4 is 11.2 Å². The number of H-pyrrole nitrogens is 1. The Hall–Kier alpha value is -1.70. The number of nitrogens with zero attached hydrogens (tertiary/aromatic N) is 1. The Bertz CT molecular complexity index is 797. The second-order valence-electron chi connectivity index (χ2n) is 6.60. The number of rotatable bonds is 5. The molecule has 144 valence electrons. The third-order valence-corrected chi connectivity index (χ3v) is 10.1. The number of aliphatic hydroxyl groups excluding tert-OH is 3. The molecule has 0 aliphatic carbocycles. The molecule has 0 radical (unpaired) electrons. The maximum atomic E-state index is 12.0. The number of hydrogen-bond acceptors (Lipinski definition) is 6. The first kappa shape index (κ1) is 20.6.